The van der Waals surface area contributed by atoms with E-state index in [0.29, 0.717) is 19.0 Å². The van der Waals surface area contributed by atoms with Crippen LogP contribution in [-0.2, 0) is 25.9 Å². The molecule has 2 heterocycles. The van der Waals surface area contributed by atoms with Crippen molar-refractivity contribution < 1.29 is 4.42 Å². The minimum absolute atomic E-state index is 0.611. The van der Waals surface area contributed by atoms with Gasteiger partial charge in [-0.25, -0.2) is 4.98 Å². The lowest BCUT2D eigenvalue weighted by molar-refractivity contribution is 0.501. The van der Waals surface area contributed by atoms with Crippen molar-refractivity contribution in [2.24, 2.45) is 4.99 Å². The number of aryl methyl sites for hydroxylation is 1. The molecule has 0 spiro atoms. The highest BCUT2D eigenvalue weighted by Crippen LogP contribution is 2.35. The van der Waals surface area contributed by atoms with Crippen molar-refractivity contribution in [3.05, 3.63) is 75.6 Å². The highest BCUT2D eigenvalue weighted by Gasteiger charge is 2.23. The minimum atomic E-state index is 0.611. The third-order valence-electron chi connectivity index (χ3n) is 4.90. The van der Waals surface area contributed by atoms with Gasteiger partial charge < -0.3 is 15.1 Å². The Balaban J connectivity index is 1.34. The van der Waals surface area contributed by atoms with E-state index in [9.17, 15) is 0 Å². The molecule has 27 heavy (non-hydrogen) atoms. The standard InChI is InChI=1S/C21H24N4OS/c1-22-21(23-13-17-8-5-11-26-17)24-14-20-25-18-10-9-16(12-19(18)27-20)15-6-3-2-4-7-15/h2-8,11,16H,9-10,12-14H2,1H3,(H2,22,23,24). The highest BCUT2D eigenvalue weighted by atomic mass is 32.1. The van der Waals surface area contributed by atoms with Crippen LogP contribution in [0.15, 0.2) is 58.1 Å². The van der Waals surface area contributed by atoms with Crippen molar-refractivity contribution in [2.45, 2.75) is 38.3 Å². The van der Waals surface area contributed by atoms with E-state index in [1.54, 1.807) is 13.3 Å². The first-order valence-corrected chi connectivity index (χ1v) is 10.1. The number of nitrogens with zero attached hydrogens (tertiary/aromatic N) is 2. The van der Waals surface area contributed by atoms with E-state index < -0.39 is 0 Å². The Morgan fingerprint density at radius 3 is 2.81 bits per heavy atom. The summed E-state index contributed by atoms with van der Waals surface area (Å²) in [6.45, 7) is 1.30. The monoisotopic (exact) mass is 380 g/mol. The molecule has 0 radical (unpaired) electrons. The summed E-state index contributed by atoms with van der Waals surface area (Å²) < 4.78 is 5.34. The van der Waals surface area contributed by atoms with Gasteiger partial charge in [0.1, 0.15) is 10.8 Å². The summed E-state index contributed by atoms with van der Waals surface area (Å²) in [5.41, 5.74) is 2.72. The Kier molecular flexibility index (Phi) is 5.53. The van der Waals surface area contributed by atoms with Crippen molar-refractivity contribution in [1.29, 1.82) is 0 Å². The fraction of sp³-hybridized carbons (Fsp3) is 0.333. The maximum atomic E-state index is 5.34. The maximum Gasteiger partial charge on any atom is 0.191 e. The van der Waals surface area contributed by atoms with Gasteiger partial charge in [0.05, 0.1) is 25.0 Å². The van der Waals surface area contributed by atoms with Gasteiger partial charge in [0, 0.05) is 11.9 Å². The topological polar surface area (TPSA) is 62.5 Å². The molecule has 0 amide bonds. The number of fused-ring (bicyclic) bond motifs is 1. The van der Waals surface area contributed by atoms with Crippen molar-refractivity contribution in [3.63, 3.8) is 0 Å². The fourth-order valence-electron chi connectivity index (χ4n) is 3.48. The minimum Gasteiger partial charge on any atom is -0.467 e. The van der Waals surface area contributed by atoms with Crippen molar-refractivity contribution in [3.8, 4) is 0 Å². The largest absolute Gasteiger partial charge is 0.467 e. The number of guanidine groups is 1. The van der Waals surface area contributed by atoms with Crippen LogP contribution in [0.3, 0.4) is 0 Å². The zero-order valence-electron chi connectivity index (χ0n) is 15.4. The molecule has 0 saturated heterocycles. The van der Waals surface area contributed by atoms with E-state index in [1.165, 1.54) is 22.6 Å². The second-order valence-electron chi connectivity index (χ2n) is 6.69. The van der Waals surface area contributed by atoms with Crippen LogP contribution in [0.5, 0.6) is 0 Å². The number of hydrogen-bond acceptors (Lipinski definition) is 4. The molecule has 6 heteroatoms. The lowest BCUT2D eigenvalue weighted by Gasteiger charge is -2.21. The van der Waals surface area contributed by atoms with Crippen LogP contribution in [0.25, 0.3) is 0 Å². The zero-order chi connectivity index (χ0) is 18.5. The second kappa shape index (κ2) is 8.39. The Morgan fingerprint density at radius 1 is 1.19 bits per heavy atom. The number of thiazole rings is 1. The Morgan fingerprint density at radius 2 is 2.04 bits per heavy atom. The molecule has 1 unspecified atom stereocenters. The Bertz CT molecular complexity index is 886. The molecule has 0 saturated carbocycles. The third-order valence-corrected chi connectivity index (χ3v) is 6.02. The molecule has 5 nitrogen and oxygen atoms in total. The van der Waals surface area contributed by atoms with E-state index in [4.69, 9.17) is 9.40 Å². The van der Waals surface area contributed by atoms with Crippen LogP contribution in [0.2, 0.25) is 0 Å². The molecule has 140 valence electrons. The van der Waals surface area contributed by atoms with Gasteiger partial charge in [-0.3, -0.25) is 4.99 Å². The summed E-state index contributed by atoms with van der Waals surface area (Å²) in [5, 5.41) is 7.72. The van der Waals surface area contributed by atoms with Crippen LogP contribution in [0.1, 0.15) is 39.2 Å². The average molecular weight is 381 g/mol. The first-order chi connectivity index (χ1) is 13.3. The molecular formula is C21H24N4OS. The number of aliphatic imine (C=N–C) groups is 1. The van der Waals surface area contributed by atoms with Crippen molar-refractivity contribution in [2.75, 3.05) is 7.05 Å². The summed E-state index contributed by atoms with van der Waals surface area (Å²) in [4.78, 5) is 10.6. The summed E-state index contributed by atoms with van der Waals surface area (Å²) in [5.74, 6) is 2.25. The molecule has 4 rings (SSSR count). The molecule has 2 aromatic heterocycles. The normalized spacial score (nSPS) is 16.8. The number of benzene rings is 1. The van der Waals surface area contributed by atoms with E-state index in [0.717, 1.165) is 29.6 Å². The summed E-state index contributed by atoms with van der Waals surface area (Å²) in [7, 11) is 1.77. The van der Waals surface area contributed by atoms with E-state index in [1.807, 2.05) is 23.5 Å². The molecule has 3 aromatic rings. The molecule has 2 N–H and O–H groups in total. The third kappa shape index (κ3) is 4.39. The SMILES string of the molecule is CN=C(NCc1ccco1)NCc1nc2c(s1)CC(c1ccccc1)CC2. The van der Waals surface area contributed by atoms with Gasteiger partial charge in [-0.15, -0.1) is 11.3 Å². The first-order valence-electron chi connectivity index (χ1n) is 9.31. The molecule has 0 bridgehead atoms. The lowest BCUT2D eigenvalue weighted by atomic mass is 9.85. The molecule has 0 aliphatic heterocycles. The second-order valence-corrected chi connectivity index (χ2v) is 7.85. The van der Waals surface area contributed by atoms with Gasteiger partial charge in [0.2, 0.25) is 0 Å². The van der Waals surface area contributed by atoms with Gasteiger partial charge >= 0.3 is 0 Å². The molecule has 1 aliphatic carbocycles. The van der Waals surface area contributed by atoms with Gasteiger partial charge in [0.25, 0.3) is 0 Å². The zero-order valence-corrected chi connectivity index (χ0v) is 16.3. The first kappa shape index (κ1) is 17.8. The quantitative estimate of drug-likeness (QED) is 0.521. The van der Waals surface area contributed by atoms with Crippen LogP contribution in [0, 0.1) is 0 Å². The summed E-state index contributed by atoms with van der Waals surface area (Å²) in [6.07, 6.45) is 5.02. The van der Waals surface area contributed by atoms with Crippen molar-refractivity contribution in [1.82, 2.24) is 15.6 Å². The maximum absolute atomic E-state index is 5.34. The Labute approximate surface area is 163 Å². The number of furan rings is 1. The Hall–Kier alpha value is -2.60. The summed E-state index contributed by atoms with van der Waals surface area (Å²) in [6, 6.07) is 14.7. The van der Waals surface area contributed by atoms with Gasteiger partial charge in [-0.1, -0.05) is 30.3 Å². The predicted molar refractivity (Wildman–Crippen MR) is 109 cm³/mol. The highest BCUT2D eigenvalue weighted by molar-refractivity contribution is 7.11. The van der Waals surface area contributed by atoms with E-state index >= 15 is 0 Å². The van der Waals surface area contributed by atoms with E-state index in [2.05, 4.69) is 46.0 Å². The molecular weight excluding hydrogens is 356 g/mol. The molecule has 1 atom stereocenters. The smallest absolute Gasteiger partial charge is 0.191 e. The van der Waals surface area contributed by atoms with Gasteiger partial charge in [-0.2, -0.15) is 0 Å². The molecule has 1 aliphatic rings. The van der Waals surface area contributed by atoms with Gasteiger partial charge in [0.15, 0.2) is 5.96 Å². The molecule has 0 fully saturated rings. The van der Waals surface area contributed by atoms with Crippen molar-refractivity contribution >= 4 is 17.3 Å². The number of hydrogen-bond donors (Lipinski definition) is 2. The number of nitrogens with one attached hydrogen (secondary N) is 2. The van der Waals surface area contributed by atoms with Crippen LogP contribution in [-0.4, -0.2) is 18.0 Å². The van der Waals surface area contributed by atoms with Crippen LogP contribution >= 0.6 is 11.3 Å². The predicted octanol–water partition coefficient (Wildman–Crippen LogP) is 3.87. The van der Waals surface area contributed by atoms with E-state index in [-0.39, 0.29) is 0 Å². The van der Waals surface area contributed by atoms with Crippen LogP contribution in [0.4, 0.5) is 0 Å². The van der Waals surface area contributed by atoms with Crippen LogP contribution < -0.4 is 10.6 Å². The number of rotatable bonds is 5. The van der Waals surface area contributed by atoms with Gasteiger partial charge in [-0.05, 0) is 42.9 Å². The molecule has 1 aromatic carbocycles. The fourth-order valence-corrected chi connectivity index (χ4v) is 4.61. The summed E-state index contributed by atoms with van der Waals surface area (Å²) >= 11 is 1.83. The number of aromatic nitrogens is 1. The lowest BCUT2D eigenvalue weighted by Crippen LogP contribution is -2.36. The average Bonchev–Trinajstić information content (AvgIpc) is 3.37.